The van der Waals surface area contributed by atoms with Gasteiger partial charge in [0, 0.05) is 29.0 Å². The van der Waals surface area contributed by atoms with Gasteiger partial charge in [-0.3, -0.25) is 0 Å². The van der Waals surface area contributed by atoms with Crippen molar-refractivity contribution in [1.82, 2.24) is 0 Å². The molecule has 0 N–H and O–H groups in total. The molecule has 1 aliphatic carbocycles. The number of benzene rings is 1. The minimum absolute atomic E-state index is 0.177. The SMILES string of the molecule is CCCCCCc1c(CCCl)oc(-c2ccc(O[Si](C)(C)C(C)(C)C)cc2)c1C1=CCCCC1. The molecule has 1 aliphatic rings. The highest BCUT2D eigenvalue weighted by Crippen LogP contribution is 2.42. The molecule has 1 aromatic heterocycles. The Morgan fingerprint density at radius 2 is 1.74 bits per heavy atom. The van der Waals surface area contributed by atoms with Crippen LogP contribution in [0.2, 0.25) is 18.1 Å². The van der Waals surface area contributed by atoms with Gasteiger partial charge in [-0.2, -0.15) is 0 Å². The lowest BCUT2D eigenvalue weighted by molar-refractivity contribution is 0.492. The third-order valence-electron chi connectivity index (χ3n) is 7.60. The van der Waals surface area contributed by atoms with Gasteiger partial charge >= 0.3 is 0 Å². The topological polar surface area (TPSA) is 22.4 Å². The van der Waals surface area contributed by atoms with Gasteiger partial charge in [-0.1, -0.05) is 53.0 Å². The van der Waals surface area contributed by atoms with Gasteiger partial charge in [0.15, 0.2) is 0 Å². The van der Waals surface area contributed by atoms with Crippen LogP contribution in [0.1, 0.15) is 95.9 Å². The van der Waals surface area contributed by atoms with E-state index in [0.29, 0.717) is 5.88 Å². The number of aryl methyl sites for hydroxylation is 1. The molecule has 34 heavy (non-hydrogen) atoms. The summed E-state index contributed by atoms with van der Waals surface area (Å²) < 4.78 is 13.1. The molecule has 0 radical (unpaired) electrons. The van der Waals surface area contributed by atoms with E-state index in [-0.39, 0.29) is 5.04 Å². The van der Waals surface area contributed by atoms with Crippen LogP contribution in [0.25, 0.3) is 16.9 Å². The van der Waals surface area contributed by atoms with Crippen molar-refractivity contribution in [2.45, 2.75) is 110 Å². The maximum atomic E-state index is 6.62. The lowest BCUT2D eigenvalue weighted by Crippen LogP contribution is -2.43. The Bertz CT molecular complexity index is 947. The fraction of sp³-hybridized carbons (Fsp3) is 0.600. The first-order valence-corrected chi connectivity index (χ1v) is 16.8. The normalized spacial score (nSPS) is 14.9. The summed E-state index contributed by atoms with van der Waals surface area (Å²) in [4.78, 5) is 0. The van der Waals surface area contributed by atoms with Crippen molar-refractivity contribution in [3.05, 3.63) is 47.2 Å². The number of alkyl halides is 1. The van der Waals surface area contributed by atoms with Crippen LogP contribution in [-0.2, 0) is 12.8 Å². The van der Waals surface area contributed by atoms with Crippen molar-refractivity contribution in [2.75, 3.05) is 5.88 Å². The number of unbranched alkanes of at least 4 members (excludes halogenated alkanes) is 3. The van der Waals surface area contributed by atoms with Gasteiger partial charge in [0.1, 0.15) is 17.3 Å². The van der Waals surface area contributed by atoms with E-state index in [0.717, 1.165) is 42.1 Å². The van der Waals surface area contributed by atoms with Crippen molar-refractivity contribution in [2.24, 2.45) is 0 Å². The number of allylic oxidation sites excluding steroid dienone is 2. The first kappa shape index (κ1) is 27.1. The summed E-state index contributed by atoms with van der Waals surface area (Å²) in [5, 5.41) is 0.177. The van der Waals surface area contributed by atoms with E-state index in [4.69, 9.17) is 20.4 Å². The molecule has 0 amide bonds. The van der Waals surface area contributed by atoms with Crippen LogP contribution in [-0.4, -0.2) is 14.2 Å². The number of hydrogen-bond donors (Lipinski definition) is 0. The van der Waals surface area contributed by atoms with Crippen LogP contribution in [0, 0.1) is 0 Å². The maximum absolute atomic E-state index is 6.62. The molecule has 188 valence electrons. The Morgan fingerprint density at radius 1 is 1.00 bits per heavy atom. The fourth-order valence-corrected chi connectivity index (χ4v) is 5.73. The van der Waals surface area contributed by atoms with Crippen molar-refractivity contribution in [1.29, 1.82) is 0 Å². The van der Waals surface area contributed by atoms with Crippen molar-refractivity contribution in [3.8, 4) is 17.1 Å². The predicted octanol–water partition coefficient (Wildman–Crippen LogP) is 10.2. The molecule has 0 spiro atoms. The first-order chi connectivity index (χ1) is 16.2. The molecular weight excluding hydrogens is 456 g/mol. The van der Waals surface area contributed by atoms with E-state index in [2.05, 4.69) is 71.1 Å². The Hall–Kier alpha value is -1.45. The zero-order valence-corrected chi connectivity index (χ0v) is 24.1. The molecular formula is C30H45ClO2Si. The summed E-state index contributed by atoms with van der Waals surface area (Å²) in [7, 11) is -1.86. The third kappa shape index (κ3) is 6.60. The van der Waals surface area contributed by atoms with E-state index in [1.807, 2.05) is 0 Å². The average Bonchev–Trinajstić information content (AvgIpc) is 3.15. The Balaban J connectivity index is 1.98. The number of rotatable bonds is 11. The average molecular weight is 501 g/mol. The summed E-state index contributed by atoms with van der Waals surface area (Å²) in [5.41, 5.74) is 5.37. The Kier molecular flexibility index (Phi) is 9.57. The monoisotopic (exact) mass is 500 g/mol. The van der Waals surface area contributed by atoms with Gasteiger partial charge in [-0.25, -0.2) is 0 Å². The molecule has 0 fully saturated rings. The highest BCUT2D eigenvalue weighted by molar-refractivity contribution is 6.74. The van der Waals surface area contributed by atoms with Gasteiger partial charge in [0.2, 0.25) is 8.32 Å². The van der Waals surface area contributed by atoms with Crippen LogP contribution in [0.3, 0.4) is 0 Å². The van der Waals surface area contributed by atoms with E-state index in [1.165, 1.54) is 61.6 Å². The highest BCUT2D eigenvalue weighted by Gasteiger charge is 2.39. The molecule has 3 rings (SSSR count). The Morgan fingerprint density at radius 3 is 2.32 bits per heavy atom. The van der Waals surface area contributed by atoms with Crippen LogP contribution < -0.4 is 4.43 Å². The molecule has 4 heteroatoms. The lowest BCUT2D eigenvalue weighted by atomic mass is 9.87. The summed E-state index contributed by atoms with van der Waals surface area (Å²) >= 11 is 6.22. The molecule has 0 saturated carbocycles. The van der Waals surface area contributed by atoms with Crippen LogP contribution >= 0.6 is 11.6 Å². The minimum Gasteiger partial charge on any atom is -0.544 e. The van der Waals surface area contributed by atoms with Gasteiger partial charge in [-0.15, -0.1) is 11.6 Å². The number of halogens is 1. The molecule has 1 aromatic carbocycles. The third-order valence-corrected chi connectivity index (χ3v) is 12.1. The standard InChI is InChI=1S/C30H45ClO2Si/c1-7-8-9-13-16-26-27(21-22-31)32-29(28(26)23-14-11-10-12-15-23)24-17-19-25(20-18-24)33-34(5,6)30(2,3)4/h14,17-20H,7-13,15-16,21-22H2,1-6H3. The van der Waals surface area contributed by atoms with E-state index < -0.39 is 8.32 Å². The van der Waals surface area contributed by atoms with Crippen LogP contribution in [0.5, 0.6) is 5.75 Å². The quantitative estimate of drug-likeness (QED) is 0.174. The van der Waals surface area contributed by atoms with Crippen molar-refractivity contribution in [3.63, 3.8) is 0 Å². The van der Waals surface area contributed by atoms with E-state index >= 15 is 0 Å². The molecule has 0 atom stereocenters. The molecule has 2 aromatic rings. The molecule has 0 unspecified atom stereocenters. The van der Waals surface area contributed by atoms with E-state index in [9.17, 15) is 0 Å². The smallest absolute Gasteiger partial charge is 0.250 e. The second kappa shape index (κ2) is 12.0. The fourth-order valence-electron chi connectivity index (χ4n) is 4.52. The second-order valence-corrected chi connectivity index (χ2v) is 16.4. The summed E-state index contributed by atoms with van der Waals surface area (Å²) in [6, 6.07) is 8.61. The molecule has 0 saturated heterocycles. The van der Waals surface area contributed by atoms with Gasteiger partial charge < -0.3 is 8.84 Å². The molecule has 1 heterocycles. The summed E-state index contributed by atoms with van der Waals surface area (Å²) in [6.07, 6.45) is 14.2. The molecule has 0 bridgehead atoms. The number of hydrogen-bond acceptors (Lipinski definition) is 2. The van der Waals surface area contributed by atoms with Crippen LogP contribution in [0.15, 0.2) is 34.8 Å². The maximum Gasteiger partial charge on any atom is 0.250 e. The van der Waals surface area contributed by atoms with Crippen molar-refractivity contribution >= 4 is 25.5 Å². The highest BCUT2D eigenvalue weighted by atomic mass is 35.5. The van der Waals surface area contributed by atoms with Crippen molar-refractivity contribution < 1.29 is 8.84 Å². The molecule has 0 aliphatic heterocycles. The van der Waals surface area contributed by atoms with Crippen LogP contribution in [0.4, 0.5) is 0 Å². The van der Waals surface area contributed by atoms with Gasteiger partial charge in [0.05, 0.1) is 0 Å². The minimum atomic E-state index is -1.86. The lowest BCUT2D eigenvalue weighted by Gasteiger charge is -2.36. The zero-order valence-electron chi connectivity index (χ0n) is 22.4. The second-order valence-electron chi connectivity index (χ2n) is 11.3. The Labute approximate surface area is 214 Å². The largest absolute Gasteiger partial charge is 0.544 e. The zero-order chi connectivity index (χ0) is 24.8. The number of furan rings is 1. The molecule has 2 nitrogen and oxygen atoms in total. The predicted molar refractivity (Wildman–Crippen MR) is 151 cm³/mol. The first-order valence-electron chi connectivity index (χ1n) is 13.4. The summed E-state index contributed by atoms with van der Waals surface area (Å²) in [6.45, 7) is 13.7. The van der Waals surface area contributed by atoms with Gasteiger partial charge in [-0.05, 0) is 86.5 Å². The van der Waals surface area contributed by atoms with E-state index in [1.54, 1.807) is 0 Å². The summed E-state index contributed by atoms with van der Waals surface area (Å²) in [5.74, 6) is 3.66. The van der Waals surface area contributed by atoms with Gasteiger partial charge in [0.25, 0.3) is 0 Å².